The van der Waals surface area contributed by atoms with E-state index >= 15 is 0 Å². The van der Waals surface area contributed by atoms with Gasteiger partial charge in [0.15, 0.2) is 5.78 Å². The first-order valence-corrected chi connectivity index (χ1v) is 9.59. The molecule has 0 aliphatic heterocycles. The molecule has 0 radical (unpaired) electrons. The van der Waals surface area contributed by atoms with E-state index in [0.29, 0.717) is 36.4 Å². The average molecular weight is 422 g/mol. The molecule has 6 heteroatoms. The number of ketones is 1. The smallest absolute Gasteiger partial charge is 0.163 e. The first-order valence-electron chi connectivity index (χ1n) is 9.59. The highest BCUT2D eigenvalue weighted by Crippen LogP contribution is 2.21. The van der Waals surface area contributed by atoms with Crippen LogP contribution in [0.2, 0.25) is 0 Å². The van der Waals surface area contributed by atoms with Crippen molar-refractivity contribution >= 4 is 18.2 Å². The molecule has 0 bridgehead atoms. The molecule has 0 saturated heterocycles. The van der Waals surface area contributed by atoms with Crippen LogP contribution in [-0.2, 0) is 6.42 Å². The minimum Gasteiger partial charge on any atom is -0.497 e. The van der Waals surface area contributed by atoms with Crippen LogP contribution in [0.5, 0.6) is 11.5 Å². The van der Waals surface area contributed by atoms with Gasteiger partial charge in [-0.2, -0.15) is 0 Å². The Hall–Kier alpha value is -2.08. The normalized spacial score (nSPS) is 12.0. The molecule has 0 aliphatic carbocycles. The lowest BCUT2D eigenvalue weighted by atomic mass is 10.0. The highest BCUT2D eigenvalue weighted by Gasteiger charge is 2.14. The van der Waals surface area contributed by atoms with Crippen LogP contribution in [0.15, 0.2) is 48.5 Å². The van der Waals surface area contributed by atoms with E-state index in [2.05, 4.69) is 26.1 Å². The third-order valence-electron chi connectivity index (χ3n) is 4.28. The number of aliphatic hydroxyl groups excluding tert-OH is 1. The molecule has 1 unspecified atom stereocenters. The zero-order valence-electron chi connectivity index (χ0n) is 17.6. The van der Waals surface area contributed by atoms with E-state index in [1.165, 1.54) is 0 Å². The summed E-state index contributed by atoms with van der Waals surface area (Å²) < 4.78 is 11.0. The van der Waals surface area contributed by atoms with E-state index in [9.17, 15) is 9.90 Å². The number of hydrogen-bond acceptors (Lipinski definition) is 5. The fraction of sp³-hybridized carbons (Fsp3) is 0.435. The van der Waals surface area contributed by atoms with Gasteiger partial charge in [0.2, 0.25) is 0 Å². The SMILES string of the molecule is COc1cccc(C(=O)CCc2ccccc2OCC(O)CNC(C)(C)C)c1.Cl. The number of methoxy groups -OCH3 is 1. The van der Waals surface area contributed by atoms with Gasteiger partial charge in [-0.25, -0.2) is 0 Å². The van der Waals surface area contributed by atoms with Crippen molar-refractivity contribution in [2.75, 3.05) is 20.3 Å². The van der Waals surface area contributed by atoms with Gasteiger partial charge >= 0.3 is 0 Å². The monoisotopic (exact) mass is 421 g/mol. The molecule has 2 aromatic rings. The molecule has 0 saturated carbocycles. The van der Waals surface area contributed by atoms with Gasteiger partial charge in [-0.15, -0.1) is 12.4 Å². The molecule has 0 amide bonds. The third kappa shape index (κ3) is 8.86. The van der Waals surface area contributed by atoms with Crippen molar-refractivity contribution < 1.29 is 19.4 Å². The Morgan fingerprint density at radius 3 is 2.55 bits per heavy atom. The van der Waals surface area contributed by atoms with Crippen LogP contribution in [0.1, 0.15) is 43.1 Å². The maximum absolute atomic E-state index is 12.5. The lowest BCUT2D eigenvalue weighted by Crippen LogP contribution is -2.42. The first-order chi connectivity index (χ1) is 13.3. The summed E-state index contributed by atoms with van der Waals surface area (Å²) in [5.41, 5.74) is 1.54. The number of benzene rings is 2. The van der Waals surface area contributed by atoms with Gasteiger partial charge in [-0.3, -0.25) is 4.79 Å². The number of Topliss-reactive ketones (excluding diaryl/α,β-unsaturated/α-hetero) is 1. The van der Waals surface area contributed by atoms with Crippen molar-refractivity contribution in [3.8, 4) is 11.5 Å². The maximum Gasteiger partial charge on any atom is 0.163 e. The summed E-state index contributed by atoms with van der Waals surface area (Å²) >= 11 is 0. The fourth-order valence-electron chi connectivity index (χ4n) is 2.71. The number of aliphatic hydroxyl groups is 1. The largest absolute Gasteiger partial charge is 0.497 e. The van der Waals surface area contributed by atoms with E-state index in [-0.39, 0.29) is 30.3 Å². The molecule has 29 heavy (non-hydrogen) atoms. The Morgan fingerprint density at radius 1 is 1.14 bits per heavy atom. The highest BCUT2D eigenvalue weighted by molar-refractivity contribution is 5.96. The van der Waals surface area contributed by atoms with Crippen LogP contribution in [0.25, 0.3) is 0 Å². The third-order valence-corrected chi connectivity index (χ3v) is 4.28. The van der Waals surface area contributed by atoms with Gasteiger partial charge in [0.1, 0.15) is 24.2 Å². The molecule has 2 rings (SSSR count). The average Bonchev–Trinajstić information content (AvgIpc) is 2.69. The van der Waals surface area contributed by atoms with Crippen LogP contribution in [0.3, 0.4) is 0 Å². The van der Waals surface area contributed by atoms with Gasteiger partial charge in [0.25, 0.3) is 0 Å². The summed E-state index contributed by atoms with van der Waals surface area (Å²) in [6.07, 6.45) is 0.343. The summed E-state index contributed by atoms with van der Waals surface area (Å²) in [7, 11) is 1.59. The summed E-state index contributed by atoms with van der Waals surface area (Å²) in [4.78, 5) is 12.5. The van der Waals surface area contributed by atoms with E-state index in [1.54, 1.807) is 19.2 Å². The standard InChI is InChI=1S/C23H31NO4.ClH/c1-23(2,3)24-15-19(25)16-28-22-11-6-5-8-17(22)12-13-21(26)18-9-7-10-20(14-18)27-4;/h5-11,14,19,24-25H,12-13,15-16H2,1-4H3;1H. The Morgan fingerprint density at radius 2 is 1.86 bits per heavy atom. The molecular formula is C23H32ClNO4. The molecule has 1 atom stereocenters. The number of nitrogens with one attached hydrogen (secondary N) is 1. The van der Waals surface area contributed by atoms with Crippen molar-refractivity contribution in [1.29, 1.82) is 0 Å². The Labute approximate surface area is 179 Å². The molecule has 0 spiro atoms. The van der Waals surface area contributed by atoms with Crippen LogP contribution in [-0.4, -0.2) is 42.8 Å². The molecule has 160 valence electrons. The van der Waals surface area contributed by atoms with E-state index < -0.39 is 6.10 Å². The predicted octanol–water partition coefficient (Wildman–Crippen LogP) is 4.06. The van der Waals surface area contributed by atoms with Gasteiger partial charge in [0.05, 0.1) is 7.11 Å². The Bertz CT molecular complexity index is 773. The number of β-amino-alcohol motifs (C(OH)–C–C–N with tert-alkyl or cyclic N) is 1. The van der Waals surface area contributed by atoms with Crippen molar-refractivity contribution in [3.05, 3.63) is 59.7 Å². The Balaban J connectivity index is 0.00000420. The van der Waals surface area contributed by atoms with E-state index in [1.807, 2.05) is 36.4 Å². The molecule has 2 aromatic carbocycles. The van der Waals surface area contributed by atoms with Gasteiger partial charge in [-0.1, -0.05) is 30.3 Å². The van der Waals surface area contributed by atoms with Gasteiger partial charge < -0.3 is 19.9 Å². The van der Waals surface area contributed by atoms with Crippen molar-refractivity contribution in [1.82, 2.24) is 5.32 Å². The van der Waals surface area contributed by atoms with Crippen LogP contribution in [0.4, 0.5) is 0 Å². The van der Waals surface area contributed by atoms with E-state index in [0.717, 1.165) is 5.56 Å². The number of aryl methyl sites for hydroxylation is 1. The summed E-state index contributed by atoms with van der Waals surface area (Å²) in [5, 5.41) is 13.4. The number of halogens is 1. The second-order valence-electron chi connectivity index (χ2n) is 7.86. The number of rotatable bonds is 10. The Kier molecular flexibility index (Phi) is 10.2. The zero-order valence-corrected chi connectivity index (χ0v) is 18.4. The number of hydrogen-bond donors (Lipinski definition) is 2. The lowest BCUT2D eigenvalue weighted by Gasteiger charge is -2.23. The fourth-order valence-corrected chi connectivity index (χ4v) is 2.71. The quantitative estimate of drug-likeness (QED) is 0.566. The summed E-state index contributed by atoms with van der Waals surface area (Å²) in [6.45, 7) is 6.81. The second-order valence-corrected chi connectivity index (χ2v) is 7.86. The number of para-hydroxylation sites is 1. The maximum atomic E-state index is 12.5. The predicted molar refractivity (Wildman–Crippen MR) is 119 cm³/mol. The zero-order chi connectivity index (χ0) is 20.6. The van der Waals surface area contributed by atoms with Crippen LogP contribution >= 0.6 is 12.4 Å². The molecule has 2 N–H and O–H groups in total. The highest BCUT2D eigenvalue weighted by atomic mass is 35.5. The number of carbonyl (C=O) groups is 1. The second kappa shape index (κ2) is 11.8. The molecule has 0 aromatic heterocycles. The van der Waals surface area contributed by atoms with Gasteiger partial charge in [-0.05, 0) is 51.0 Å². The number of ether oxygens (including phenoxy) is 2. The lowest BCUT2D eigenvalue weighted by molar-refractivity contribution is 0.0972. The summed E-state index contributed by atoms with van der Waals surface area (Å²) in [5.74, 6) is 1.44. The molecule has 0 heterocycles. The molecule has 0 aliphatic rings. The molecule has 0 fully saturated rings. The minimum atomic E-state index is -0.606. The number of carbonyl (C=O) groups excluding carboxylic acids is 1. The van der Waals surface area contributed by atoms with Crippen molar-refractivity contribution in [2.24, 2.45) is 0 Å². The first kappa shape index (κ1) is 25.0. The molecular weight excluding hydrogens is 390 g/mol. The van der Waals surface area contributed by atoms with Crippen molar-refractivity contribution in [2.45, 2.75) is 45.3 Å². The van der Waals surface area contributed by atoms with Gasteiger partial charge in [0, 0.05) is 24.1 Å². The van der Waals surface area contributed by atoms with E-state index in [4.69, 9.17) is 9.47 Å². The van der Waals surface area contributed by atoms with Crippen LogP contribution in [0, 0.1) is 0 Å². The molecule has 5 nitrogen and oxygen atoms in total. The summed E-state index contributed by atoms with van der Waals surface area (Å²) in [6, 6.07) is 14.8. The van der Waals surface area contributed by atoms with Crippen molar-refractivity contribution in [3.63, 3.8) is 0 Å². The minimum absolute atomic E-state index is 0. The van der Waals surface area contributed by atoms with Crippen LogP contribution < -0.4 is 14.8 Å². The topological polar surface area (TPSA) is 67.8 Å².